The summed E-state index contributed by atoms with van der Waals surface area (Å²) in [6.07, 6.45) is 0.577. The molecule has 0 aliphatic rings. The molecule has 0 bridgehead atoms. The van der Waals surface area contributed by atoms with E-state index in [0.717, 1.165) is 0 Å². The number of carbonyl (C=O) groups is 3. The van der Waals surface area contributed by atoms with Crippen LogP contribution in [0.15, 0.2) is 60.7 Å². The van der Waals surface area contributed by atoms with Crippen LogP contribution in [0.5, 0.6) is 0 Å². The van der Waals surface area contributed by atoms with Crippen LogP contribution in [-0.4, -0.2) is 58.2 Å². The fourth-order valence-electron chi connectivity index (χ4n) is 1.88. The lowest BCUT2D eigenvalue weighted by Gasteiger charge is -2.27. The summed E-state index contributed by atoms with van der Waals surface area (Å²) in [6.45, 7) is 2.86. The topological polar surface area (TPSA) is 141 Å². The minimum Gasteiger partial charge on any atom is -0.478 e. The van der Waals surface area contributed by atoms with Crippen LogP contribution >= 0.6 is 0 Å². The third-order valence-electron chi connectivity index (χ3n) is 4.04. The van der Waals surface area contributed by atoms with Crippen molar-refractivity contribution >= 4 is 17.9 Å². The van der Waals surface area contributed by atoms with Gasteiger partial charge < -0.3 is 25.2 Å². The molecule has 0 saturated carbocycles. The lowest BCUT2D eigenvalue weighted by atomic mass is 9.88. The van der Waals surface area contributed by atoms with Crippen molar-refractivity contribution in [2.45, 2.75) is 20.3 Å². The lowest BCUT2D eigenvalue weighted by Crippen LogP contribution is -2.35. The van der Waals surface area contributed by atoms with E-state index in [4.69, 9.17) is 25.2 Å². The van der Waals surface area contributed by atoms with Crippen LogP contribution in [-0.2, 0) is 9.53 Å². The van der Waals surface area contributed by atoms with Gasteiger partial charge in [-0.3, -0.25) is 4.79 Å². The molecule has 0 amide bonds. The molecule has 0 fully saturated rings. The number of rotatable bonds is 7. The summed E-state index contributed by atoms with van der Waals surface area (Å²) in [5.41, 5.74) is -0.0129. The summed E-state index contributed by atoms with van der Waals surface area (Å²) >= 11 is 0. The van der Waals surface area contributed by atoms with Gasteiger partial charge in [-0.05, 0) is 30.7 Å². The smallest absolute Gasteiger partial charge is 0.335 e. The molecule has 0 aliphatic heterocycles. The molecule has 2 rings (SSSR count). The van der Waals surface area contributed by atoms with E-state index < -0.39 is 23.3 Å². The predicted molar refractivity (Wildman–Crippen MR) is 110 cm³/mol. The molecule has 2 aromatic carbocycles. The second-order valence-electron chi connectivity index (χ2n) is 6.29. The van der Waals surface area contributed by atoms with Crippen LogP contribution in [0.4, 0.5) is 0 Å². The van der Waals surface area contributed by atoms with Gasteiger partial charge in [0.25, 0.3) is 0 Å². The number of aliphatic hydroxyl groups excluding tert-OH is 2. The summed E-state index contributed by atoms with van der Waals surface area (Å²) in [5, 5.41) is 34.6. The molecule has 0 heterocycles. The highest BCUT2D eigenvalue weighted by Gasteiger charge is 2.27. The van der Waals surface area contributed by atoms with Crippen molar-refractivity contribution in [3.8, 4) is 0 Å². The van der Waals surface area contributed by atoms with Gasteiger partial charge in [0, 0.05) is 6.92 Å². The molecular formula is C22H28O8. The van der Waals surface area contributed by atoms with Crippen LogP contribution in [0.25, 0.3) is 0 Å². The number of carboxylic acids is 2. The van der Waals surface area contributed by atoms with E-state index >= 15 is 0 Å². The third kappa shape index (κ3) is 10.9. The Morgan fingerprint density at radius 1 is 0.800 bits per heavy atom. The zero-order valence-corrected chi connectivity index (χ0v) is 17.0. The molecule has 0 saturated heterocycles. The SMILES string of the molecule is CCC(CO)(CO)COC(C)=O.O=C(O)c1ccccc1.O=C(O)c1ccccc1. The van der Waals surface area contributed by atoms with Crippen molar-refractivity contribution in [2.75, 3.05) is 19.8 Å². The van der Waals surface area contributed by atoms with Crippen molar-refractivity contribution in [1.82, 2.24) is 0 Å². The van der Waals surface area contributed by atoms with Gasteiger partial charge >= 0.3 is 17.9 Å². The highest BCUT2D eigenvalue weighted by atomic mass is 16.5. The Morgan fingerprint density at radius 2 is 1.17 bits per heavy atom. The van der Waals surface area contributed by atoms with E-state index in [-0.39, 0.29) is 19.8 Å². The Hall–Kier alpha value is -3.23. The van der Waals surface area contributed by atoms with Gasteiger partial charge in [-0.15, -0.1) is 0 Å². The summed E-state index contributed by atoms with van der Waals surface area (Å²) in [6, 6.07) is 16.6. The van der Waals surface area contributed by atoms with E-state index in [1.54, 1.807) is 60.7 Å². The fourth-order valence-corrected chi connectivity index (χ4v) is 1.88. The average Bonchev–Trinajstić information content (AvgIpc) is 2.77. The molecular weight excluding hydrogens is 392 g/mol. The first-order valence-electron chi connectivity index (χ1n) is 9.13. The molecule has 0 unspecified atom stereocenters. The molecule has 164 valence electrons. The van der Waals surface area contributed by atoms with E-state index in [0.29, 0.717) is 17.5 Å². The normalized spacial score (nSPS) is 9.87. The molecule has 30 heavy (non-hydrogen) atoms. The van der Waals surface area contributed by atoms with Crippen molar-refractivity contribution in [2.24, 2.45) is 5.41 Å². The van der Waals surface area contributed by atoms with Crippen LogP contribution in [0.1, 0.15) is 41.0 Å². The quantitative estimate of drug-likeness (QED) is 0.501. The van der Waals surface area contributed by atoms with Crippen molar-refractivity contribution in [3.63, 3.8) is 0 Å². The number of hydrogen-bond donors (Lipinski definition) is 4. The molecule has 0 aromatic heterocycles. The maximum absolute atomic E-state index is 10.5. The van der Waals surface area contributed by atoms with Crippen molar-refractivity contribution < 1.29 is 39.5 Å². The molecule has 4 N–H and O–H groups in total. The lowest BCUT2D eigenvalue weighted by molar-refractivity contribution is -0.147. The maximum Gasteiger partial charge on any atom is 0.335 e. The van der Waals surface area contributed by atoms with E-state index in [9.17, 15) is 14.4 Å². The Bertz CT molecular complexity index is 697. The van der Waals surface area contributed by atoms with Crippen molar-refractivity contribution in [3.05, 3.63) is 71.8 Å². The Kier molecular flexibility index (Phi) is 13.1. The molecule has 8 nitrogen and oxygen atoms in total. The van der Waals surface area contributed by atoms with Crippen LogP contribution < -0.4 is 0 Å². The van der Waals surface area contributed by atoms with Gasteiger partial charge in [0.1, 0.15) is 6.61 Å². The number of carbonyl (C=O) groups excluding carboxylic acids is 1. The molecule has 8 heteroatoms. The maximum atomic E-state index is 10.5. The number of aromatic carboxylic acids is 2. The number of carboxylic acid groups (broad SMARTS) is 2. The van der Waals surface area contributed by atoms with E-state index in [1.165, 1.54) is 6.92 Å². The standard InChI is InChI=1S/C8H16O4.2C7H6O2/c1-3-8(4-9,5-10)6-12-7(2)11;2*8-7(9)6-4-2-1-3-5-6/h9-10H,3-6H2,1-2H3;2*1-5H,(H,8,9). The van der Waals surface area contributed by atoms with Crippen LogP contribution in [0.2, 0.25) is 0 Å². The van der Waals surface area contributed by atoms with Gasteiger partial charge in [0.2, 0.25) is 0 Å². The minimum atomic E-state index is -0.879. The molecule has 0 spiro atoms. The van der Waals surface area contributed by atoms with Crippen molar-refractivity contribution in [1.29, 1.82) is 0 Å². The summed E-state index contributed by atoms with van der Waals surface area (Å²) in [7, 11) is 0. The molecule has 0 radical (unpaired) electrons. The number of esters is 1. The highest BCUT2D eigenvalue weighted by molar-refractivity contribution is 5.87. The van der Waals surface area contributed by atoms with Crippen LogP contribution in [0, 0.1) is 5.41 Å². The Morgan fingerprint density at radius 3 is 1.37 bits per heavy atom. The second-order valence-corrected chi connectivity index (χ2v) is 6.29. The Balaban J connectivity index is 0.000000426. The largest absolute Gasteiger partial charge is 0.478 e. The fraction of sp³-hybridized carbons (Fsp3) is 0.318. The first kappa shape index (κ1) is 26.8. The van der Waals surface area contributed by atoms with Crippen LogP contribution in [0.3, 0.4) is 0 Å². The summed E-state index contributed by atoms with van der Waals surface area (Å²) in [4.78, 5) is 30.9. The number of hydrogen-bond acceptors (Lipinski definition) is 6. The first-order valence-corrected chi connectivity index (χ1v) is 9.13. The molecule has 0 atom stereocenters. The number of benzene rings is 2. The molecule has 0 aliphatic carbocycles. The molecule has 2 aromatic rings. The zero-order valence-electron chi connectivity index (χ0n) is 17.0. The monoisotopic (exact) mass is 420 g/mol. The van der Waals surface area contributed by atoms with Gasteiger partial charge in [-0.1, -0.05) is 43.3 Å². The zero-order chi connectivity index (χ0) is 23.0. The van der Waals surface area contributed by atoms with Gasteiger partial charge in [0.05, 0.1) is 29.8 Å². The minimum absolute atomic E-state index is 0.0752. The highest BCUT2D eigenvalue weighted by Crippen LogP contribution is 2.20. The first-order chi connectivity index (χ1) is 14.2. The number of aliphatic hydroxyl groups is 2. The number of ether oxygens (including phenoxy) is 1. The predicted octanol–water partition coefficient (Wildman–Crippen LogP) is 2.70. The van der Waals surface area contributed by atoms with Gasteiger partial charge in [0.15, 0.2) is 0 Å². The van der Waals surface area contributed by atoms with Gasteiger partial charge in [-0.2, -0.15) is 0 Å². The Labute approximate surface area is 175 Å². The second kappa shape index (κ2) is 14.7. The summed E-state index contributed by atoms with van der Waals surface area (Å²) < 4.78 is 4.72. The van der Waals surface area contributed by atoms with E-state index in [1.807, 2.05) is 6.92 Å². The average molecular weight is 420 g/mol. The summed E-state index contributed by atoms with van der Waals surface area (Å²) in [5.74, 6) is -2.15. The van der Waals surface area contributed by atoms with Gasteiger partial charge in [-0.25, -0.2) is 9.59 Å². The third-order valence-corrected chi connectivity index (χ3v) is 4.04. The van der Waals surface area contributed by atoms with E-state index in [2.05, 4.69) is 0 Å².